The summed E-state index contributed by atoms with van der Waals surface area (Å²) in [5.41, 5.74) is 2.70. The molecule has 3 aromatic heterocycles. The summed E-state index contributed by atoms with van der Waals surface area (Å²) >= 11 is 0. The van der Waals surface area contributed by atoms with Gasteiger partial charge in [0.15, 0.2) is 5.65 Å². The number of pyridine rings is 1. The van der Waals surface area contributed by atoms with Crippen LogP contribution in [0.4, 0.5) is 0 Å². The van der Waals surface area contributed by atoms with E-state index in [1.54, 1.807) is 35.1 Å². The molecular weight excluding hydrogens is 306 g/mol. The van der Waals surface area contributed by atoms with E-state index in [-0.39, 0.29) is 5.91 Å². The highest BCUT2D eigenvalue weighted by atomic mass is 16.5. The number of fused-ring (bicyclic) bond motifs is 1. The first-order valence-corrected chi connectivity index (χ1v) is 7.68. The molecule has 0 spiro atoms. The summed E-state index contributed by atoms with van der Waals surface area (Å²) in [6.45, 7) is 3.21. The van der Waals surface area contributed by atoms with Gasteiger partial charge in [-0.3, -0.25) is 9.78 Å². The van der Waals surface area contributed by atoms with Crippen molar-refractivity contribution in [1.29, 1.82) is 0 Å². The van der Waals surface area contributed by atoms with Crippen LogP contribution < -0.4 is 0 Å². The summed E-state index contributed by atoms with van der Waals surface area (Å²) in [5.74, 6) is -0.134. The molecule has 24 heavy (non-hydrogen) atoms. The lowest BCUT2D eigenvalue weighted by Gasteiger charge is -2.21. The largest absolute Gasteiger partial charge is 0.383 e. The molecule has 3 rings (SSSR count). The first kappa shape index (κ1) is 16.1. The third-order valence-electron chi connectivity index (χ3n) is 3.67. The Kier molecular flexibility index (Phi) is 4.81. The van der Waals surface area contributed by atoms with Gasteiger partial charge in [-0.15, -0.1) is 0 Å². The molecule has 0 fully saturated rings. The number of amides is 1. The predicted molar refractivity (Wildman–Crippen MR) is 88.6 cm³/mol. The van der Waals surface area contributed by atoms with E-state index in [0.717, 1.165) is 11.4 Å². The minimum atomic E-state index is -0.134. The zero-order valence-corrected chi connectivity index (χ0v) is 13.7. The molecule has 0 atom stereocenters. The number of methoxy groups -OCH3 is 1. The molecule has 7 nitrogen and oxygen atoms in total. The van der Waals surface area contributed by atoms with E-state index in [9.17, 15) is 4.79 Å². The van der Waals surface area contributed by atoms with Crippen molar-refractivity contribution in [2.45, 2.75) is 13.5 Å². The zero-order chi connectivity index (χ0) is 16.9. The van der Waals surface area contributed by atoms with Crippen LogP contribution in [0.3, 0.4) is 0 Å². The lowest BCUT2D eigenvalue weighted by atomic mass is 10.2. The quantitative estimate of drug-likeness (QED) is 0.690. The summed E-state index contributed by atoms with van der Waals surface area (Å²) in [5, 5.41) is 4.21. The van der Waals surface area contributed by atoms with E-state index in [4.69, 9.17) is 4.74 Å². The van der Waals surface area contributed by atoms with Crippen LogP contribution in [0, 0.1) is 6.92 Å². The molecule has 0 aliphatic rings. The second-order valence-corrected chi connectivity index (χ2v) is 5.44. The molecule has 124 valence electrons. The number of aryl methyl sites for hydroxylation is 1. The van der Waals surface area contributed by atoms with Crippen molar-refractivity contribution in [2.24, 2.45) is 0 Å². The molecule has 0 aliphatic carbocycles. The van der Waals surface area contributed by atoms with E-state index in [1.165, 1.54) is 0 Å². The Morgan fingerprint density at radius 2 is 2.21 bits per heavy atom. The summed E-state index contributed by atoms with van der Waals surface area (Å²) in [7, 11) is 1.61. The van der Waals surface area contributed by atoms with E-state index >= 15 is 0 Å². The molecule has 0 unspecified atom stereocenters. The van der Waals surface area contributed by atoms with E-state index < -0.39 is 0 Å². The first-order valence-electron chi connectivity index (χ1n) is 7.68. The number of hydrogen-bond donors (Lipinski definition) is 0. The molecule has 0 saturated carbocycles. The van der Waals surface area contributed by atoms with Crippen LogP contribution in [-0.4, -0.2) is 50.7 Å². The second kappa shape index (κ2) is 7.18. The average molecular weight is 325 g/mol. The normalized spacial score (nSPS) is 10.9. The number of rotatable bonds is 6. The average Bonchev–Trinajstić information content (AvgIpc) is 3.02. The Morgan fingerprint density at radius 3 is 2.96 bits per heavy atom. The molecule has 7 heteroatoms. The molecular formula is C17H19N5O2. The SMILES string of the molecule is COCCN(Cc1ccccn1)C(=O)c1cnn2ccc(C)nc12. The van der Waals surface area contributed by atoms with Crippen molar-refractivity contribution in [2.75, 3.05) is 20.3 Å². The zero-order valence-electron chi connectivity index (χ0n) is 13.7. The smallest absolute Gasteiger partial charge is 0.259 e. The Hall–Kier alpha value is -2.80. The molecule has 0 bridgehead atoms. The summed E-state index contributed by atoms with van der Waals surface area (Å²) in [6, 6.07) is 7.50. The van der Waals surface area contributed by atoms with Crippen molar-refractivity contribution in [1.82, 2.24) is 24.5 Å². The van der Waals surface area contributed by atoms with Crippen LogP contribution in [-0.2, 0) is 11.3 Å². The number of aromatic nitrogens is 4. The number of nitrogens with zero attached hydrogens (tertiary/aromatic N) is 5. The fourth-order valence-corrected chi connectivity index (χ4v) is 2.42. The molecule has 0 N–H and O–H groups in total. The van der Waals surface area contributed by atoms with Crippen LogP contribution in [0.25, 0.3) is 5.65 Å². The van der Waals surface area contributed by atoms with Crippen LogP contribution in [0.15, 0.2) is 42.9 Å². The molecule has 0 radical (unpaired) electrons. The van der Waals surface area contributed by atoms with Crippen molar-refractivity contribution in [3.8, 4) is 0 Å². The highest BCUT2D eigenvalue weighted by molar-refractivity contribution is 5.99. The standard InChI is InChI=1S/C17H19N5O2/c1-13-6-8-22-16(20-13)15(11-19-22)17(23)21(9-10-24-2)12-14-5-3-4-7-18-14/h3-8,11H,9-10,12H2,1-2H3. The van der Waals surface area contributed by atoms with Crippen LogP contribution in [0.2, 0.25) is 0 Å². The number of ether oxygens (including phenoxy) is 1. The maximum Gasteiger partial charge on any atom is 0.259 e. The van der Waals surface area contributed by atoms with Crippen LogP contribution in [0.1, 0.15) is 21.7 Å². The van der Waals surface area contributed by atoms with Gasteiger partial charge in [0.25, 0.3) is 5.91 Å². The minimum absolute atomic E-state index is 0.134. The van der Waals surface area contributed by atoms with Crippen molar-refractivity contribution < 1.29 is 9.53 Å². The van der Waals surface area contributed by atoms with Gasteiger partial charge >= 0.3 is 0 Å². The van der Waals surface area contributed by atoms with Gasteiger partial charge in [-0.25, -0.2) is 9.50 Å². The lowest BCUT2D eigenvalue weighted by Crippen LogP contribution is -2.33. The van der Waals surface area contributed by atoms with E-state index in [0.29, 0.717) is 30.9 Å². The third-order valence-corrected chi connectivity index (χ3v) is 3.67. The lowest BCUT2D eigenvalue weighted by molar-refractivity contribution is 0.0679. The topological polar surface area (TPSA) is 72.6 Å². The minimum Gasteiger partial charge on any atom is -0.383 e. The molecule has 0 saturated heterocycles. The van der Waals surface area contributed by atoms with Gasteiger partial charge in [-0.2, -0.15) is 5.10 Å². The van der Waals surface area contributed by atoms with Gasteiger partial charge < -0.3 is 9.64 Å². The summed E-state index contributed by atoms with van der Waals surface area (Å²) in [6.07, 6.45) is 5.07. The first-order chi connectivity index (χ1) is 11.7. The maximum absolute atomic E-state index is 13.0. The second-order valence-electron chi connectivity index (χ2n) is 5.44. The molecule has 0 aliphatic heterocycles. The number of hydrogen-bond acceptors (Lipinski definition) is 5. The Labute approximate surface area is 139 Å². The van der Waals surface area contributed by atoms with Gasteiger partial charge in [0.2, 0.25) is 0 Å². The summed E-state index contributed by atoms with van der Waals surface area (Å²) in [4.78, 5) is 23.4. The van der Waals surface area contributed by atoms with Crippen LogP contribution in [0.5, 0.6) is 0 Å². The van der Waals surface area contributed by atoms with Gasteiger partial charge in [0.1, 0.15) is 5.56 Å². The summed E-state index contributed by atoms with van der Waals surface area (Å²) < 4.78 is 6.74. The predicted octanol–water partition coefficient (Wildman–Crippen LogP) is 1.72. The van der Waals surface area contributed by atoms with Crippen molar-refractivity contribution in [3.05, 3.63) is 59.8 Å². The molecule has 3 heterocycles. The van der Waals surface area contributed by atoms with E-state index in [1.807, 2.05) is 31.2 Å². The number of carbonyl (C=O) groups excluding carboxylic acids is 1. The monoisotopic (exact) mass is 325 g/mol. The molecule has 1 amide bonds. The van der Waals surface area contributed by atoms with Gasteiger partial charge in [-0.05, 0) is 25.1 Å². The maximum atomic E-state index is 13.0. The Morgan fingerprint density at radius 1 is 1.33 bits per heavy atom. The highest BCUT2D eigenvalue weighted by Gasteiger charge is 2.21. The fraction of sp³-hybridized carbons (Fsp3) is 0.294. The van der Waals surface area contributed by atoms with Crippen LogP contribution >= 0.6 is 0 Å². The fourth-order valence-electron chi connectivity index (χ4n) is 2.42. The third kappa shape index (κ3) is 3.41. The van der Waals surface area contributed by atoms with Crippen molar-refractivity contribution >= 4 is 11.6 Å². The van der Waals surface area contributed by atoms with Gasteiger partial charge in [0.05, 0.1) is 25.0 Å². The van der Waals surface area contributed by atoms with Gasteiger partial charge in [-0.1, -0.05) is 6.07 Å². The molecule has 0 aromatic carbocycles. The Bertz CT molecular complexity index is 831. The highest BCUT2D eigenvalue weighted by Crippen LogP contribution is 2.13. The molecule has 3 aromatic rings. The number of carbonyl (C=O) groups is 1. The Balaban J connectivity index is 1.90. The van der Waals surface area contributed by atoms with Gasteiger partial charge in [0, 0.05) is 31.7 Å². The van der Waals surface area contributed by atoms with Crippen molar-refractivity contribution in [3.63, 3.8) is 0 Å². The van der Waals surface area contributed by atoms with E-state index in [2.05, 4.69) is 15.1 Å².